The number of nitrogens with one attached hydrogen (secondary N) is 1. The highest BCUT2D eigenvalue weighted by atomic mass is 35.5. The van der Waals surface area contributed by atoms with Crippen LogP contribution in [-0.2, 0) is 22.2 Å². The number of amides is 1. The Morgan fingerprint density at radius 2 is 2.00 bits per heavy atom. The topological polar surface area (TPSA) is 66.5 Å². The van der Waals surface area contributed by atoms with E-state index in [0.29, 0.717) is 34.1 Å². The van der Waals surface area contributed by atoms with E-state index in [1.165, 1.54) is 11.3 Å². The molecule has 5 nitrogen and oxygen atoms in total. The quantitative estimate of drug-likeness (QED) is 0.643. The minimum atomic E-state index is -3.57. The van der Waals surface area contributed by atoms with E-state index in [-0.39, 0.29) is 11.7 Å². The van der Waals surface area contributed by atoms with Crippen LogP contribution in [0.25, 0.3) is 0 Å². The summed E-state index contributed by atoms with van der Waals surface area (Å²) >= 11 is 7.34. The SMILES string of the molecule is O=C(c1cccs1)N1CCc2cc(NS(=O)(=O)Cc3cccc(Cl)c3)ccc21. The summed E-state index contributed by atoms with van der Waals surface area (Å²) in [5.41, 5.74) is 2.89. The Morgan fingerprint density at radius 3 is 2.75 bits per heavy atom. The molecule has 1 amide bonds. The first-order valence-electron chi connectivity index (χ1n) is 8.64. The maximum atomic E-state index is 12.6. The summed E-state index contributed by atoms with van der Waals surface area (Å²) in [6, 6.07) is 15.7. The number of carbonyl (C=O) groups excluding carboxylic acids is 1. The molecule has 0 aliphatic carbocycles. The third-order valence-electron chi connectivity index (χ3n) is 4.47. The molecule has 0 radical (unpaired) electrons. The van der Waals surface area contributed by atoms with Crippen LogP contribution in [0.1, 0.15) is 20.8 Å². The highest BCUT2D eigenvalue weighted by molar-refractivity contribution is 7.91. The van der Waals surface area contributed by atoms with Crippen LogP contribution in [0.3, 0.4) is 0 Å². The third-order valence-corrected chi connectivity index (χ3v) is 6.82. The molecule has 1 aliphatic rings. The molecule has 0 spiro atoms. The molecule has 3 aromatic rings. The fourth-order valence-electron chi connectivity index (χ4n) is 3.27. The largest absolute Gasteiger partial charge is 0.307 e. The number of carbonyl (C=O) groups is 1. The lowest BCUT2D eigenvalue weighted by Gasteiger charge is -2.17. The van der Waals surface area contributed by atoms with Crippen LogP contribution in [0, 0.1) is 0 Å². The van der Waals surface area contributed by atoms with E-state index < -0.39 is 10.0 Å². The van der Waals surface area contributed by atoms with Gasteiger partial charge in [0.15, 0.2) is 0 Å². The first-order chi connectivity index (χ1) is 13.4. The Balaban J connectivity index is 1.51. The molecule has 4 rings (SSSR count). The predicted molar refractivity (Wildman–Crippen MR) is 114 cm³/mol. The molecular formula is C20H17ClN2O3S2. The summed E-state index contributed by atoms with van der Waals surface area (Å²) in [5, 5.41) is 2.38. The van der Waals surface area contributed by atoms with Gasteiger partial charge in [-0.25, -0.2) is 8.42 Å². The normalized spacial score (nSPS) is 13.4. The molecule has 2 heterocycles. The number of hydrogen-bond donors (Lipinski definition) is 1. The Morgan fingerprint density at radius 1 is 1.14 bits per heavy atom. The van der Waals surface area contributed by atoms with E-state index in [1.807, 2.05) is 17.5 Å². The monoisotopic (exact) mass is 432 g/mol. The lowest BCUT2D eigenvalue weighted by molar-refractivity contribution is 0.0993. The van der Waals surface area contributed by atoms with E-state index >= 15 is 0 Å². The minimum absolute atomic E-state index is 0.0250. The molecule has 0 unspecified atom stereocenters. The van der Waals surface area contributed by atoms with E-state index in [0.717, 1.165) is 11.3 Å². The van der Waals surface area contributed by atoms with E-state index in [2.05, 4.69) is 4.72 Å². The van der Waals surface area contributed by atoms with E-state index in [4.69, 9.17) is 11.6 Å². The van der Waals surface area contributed by atoms with Gasteiger partial charge in [0, 0.05) is 22.9 Å². The predicted octanol–water partition coefficient (Wildman–Crippen LogP) is 4.55. The summed E-state index contributed by atoms with van der Waals surface area (Å²) < 4.78 is 27.6. The first-order valence-corrected chi connectivity index (χ1v) is 11.6. The van der Waals surface area contributed by atoms with Crippen LogP contribution in [0.15, 0.2) is 60.0 Å². The van der Waals surface area contributed by atoms with Crippen LogP contribution < -0.4 is 9.62 Å². The summed E-state index contributed by atoms with van der Waals surface area (Å²) in [4.78, 5) is 15.1. The van der Waals surface area contributed by atoms with Crippen LogP contribution in [-0.4, -0.2) is 20.9 Å². The van der Waals surface area contributed by atoms with Crippen LogP contribution >= 0.6 is 22.9 Å². The van der Waals surface area contributed by atoms with Gasteiger partial charge in [-0.15, -0.1) is 11.3 Å². The van der Waals surface area contributed by atoms with Crippen molar-refractivity contribution in [2.45, 2.75) is 12.2 Å². The van der Waals surface area contributed by atoms with Gasteiger partial charge in [-0.05, 0) is 59.3 Å². The van der Waals surface area contributed by atoms with Crippen LogP contribution in [0.5, 0.6) is 0 Å². The second-order valence-electron chi connectivity index (χ2n) is 6.52. The van der Waals surface area contributed by atoms with Gasteiger partial charge in [0.05, 0.1) is 10.6 Å². The molecule has 144 valence electrons. The van der Waals surface area contributed by atoms with Crippen LogP contribution in [0.2, 0.25) is 5.02 Å². The van der Waals surface area contributed by atoms with Crippen molar-refractivity contribution in [2.75, 3.05) is 16.2 Å². The second-order valence-corrected chi connectivity index (χ2v) is 9.63. The van der Waals surface area contributed by atoms with Gasteiger partial charge >= 0.3 is 0 Å². The van der Waals surface area contributed by atoms with Crippen LogP contribution in [0.4, 0.5) is 11.4 Å². The molecular weight excluding hydrogens is 416 g/mol. The van der Waals surface area contributed by atoms with Gasteiger partial charge in [0.2, 0.25) is 10.0 Å². The van der Waals surface area contributed by atoms with Crippen molar-refractivity contribution in [3.8, 4) is 0 Å². The highest BCUT2D eigenvalue weighted by Gasteiger charge is 2.26. The lowest BCUT2D eigenvalue weighted by Crippen LogP contribution is -2.28. The van der Waals surface area contributed by atoms with Crippen molar-refractivity contribution in [1.82, 2.24) is 0 Å². The third kappa shape index (κ3) is 4.06. The van der Waals surface area contributed by atoms with Crippen molar-refractivity contribution in [3.63, 3.8) is 0 Å². The summed E-state index contributed by atoms with van der Waals surface area (Å²) in [5.74, 6) is -0.184. The highest BCUT2D eigenvalue weighted by Crippen LogP contribution is 2.32. The molecule has 1 N–H and O–H groups in total. The number of sulfonamides is 1. The Labute approximate surface area is 172 Å². The number of rotatable bonds is 5. The number of thiophene rings is 1. The van der Waals surface area contributed by atoms with Gasteiger partial charge in [-0.1, -0.05) is 29.8 Å². The standard InChI is InChI=1S/C20H17ClN2O3S2/c21-16-4-1-3-14(11-16)13-28(25,26)22-17-6-7-18-15(12-17)8-9-23(18)20(24)19-5-2-10-27-19/h1-7,10-12,22H,8-9,13H2. The molecule has 8 heteroatoms. The molecule has 2 aromatic carbocycles. The zero-order chi connectivity index (χ0) is 19.7. The lowest BCUT2D eigenvalue weighted by atomic mass is 10.1. The fourth-order valence-corrected chi connectivity index (χ4v) is 5.33. The zero-order valence-corrected chi connectivity index (χ0v) is 17.2. The average molecular weight is 433 g/mol. The van der Waals surface area contributed by atoms with Crippen molar-refractivity contribution in [2.24, 2.45) is 0 Å². The summed E-state index contributed by atoms with van der Waals surface area (Å²) in [7, 11) is -3.57. The Kier molecular flexibility index (Phi) is 5.14. The maximum Gasteiger partial charge on any atom is 0.268 e. The number of nitrogens with zero attached hydrogens (tertiary/aromatic N) is 1. The molecule has 1 aromatic heterocycles. The van der Waals surface area contributed by atoms with Gasteiger partial charge < -0.3 is 4.90 Å². The maximum absolute atomic E-state index is 12.6. The van der Waals surface area contributed by atoms with Crippen molar-refractivity contribution in [3.05, 3.63) is 81.0 Å². The molecule has 0 atom stereocenters. The Bertz CT molecular complexity index is 1130. The number of fused-ring (bicyclic) bond motifs is 1. The average Bonchev–Trinajstić information content (AvgIpc) is 3.30. The van der Waals surface area contributed by atoms with Gasteiger partial charge in [-0.3, -0.25) is 9.52 Å². The van der Waals surface area contributed by atoms with E-state index in [1.54, 1.807) is 47.4 Å². The van der Waals surface area contributed by atoms with Gasteiger partial charge in [0.1, 0.15) is 0 Å². The number of anilines is 2. The number of benzene rings is 2. The van der Waals surface area contributed by atoms with Gasteiger partial charge in [-0.2, -0.15) is 0 Å². The Hall–Kier alpha value is -2.35. The molecule has 0 bridgehead atoms. The summed E-state index contributed by atoms with van der Waals surface area (Å²) in [6.45, 7) is 0.588. The van der Waals surface area contributed by atoms with Crippen molar-refractivity contribution >= 4 is 50.2 Å². The molecule has 1 aliphatic heterocycles. The minimum Gasteiger partial charge on any atom is -0.307 e. The molecule has 0 saturated heterocycles. The van der Waals surface area contributed by atoms with E-state index in [9.17, 15) is 13.2 Å². The first kappa shape index (κ1) is 19.0. The second kappa shape index (κ2) is 7.58. The molecule has 0 fully saturated rings. The van der Waals surface area contributed by atoms with Crippen molar-refractivity contribution in [1.29, 1.82) is 0 Å². The number of halogens is 1. The zero-order valence-electron chi connectivity index (χ0n) is 14.8. The number of hydrogen-bond acceptors (Lipinski definition) is 4. The molecule has 28 heavy (non-hydrogen) atoms. The smallest absolute Gasteiger partial charge is 0.268 e. The van der Waals surface area contributed by atoms with Gasteiger partial charge in [0.25, 0.3) is 5.91 Å². The molecule has 0 saturated carbocycles. The van der Waals surface area contributed by atoms with Crippen molar-refractivity contribution < 1.29 is 13.2 Å². The summed E-state index contributed by atoms with van der Waals surface area (Å²) in [6.07, 6.45) is 0.691. The fraction of sp³-hybridized carbons (Fsp3) is 0.150.